The third kappa shape index (κ3) is 0.937. The summed E-state index contributed by atoms with van der Waals surface area (Å²) in [6, 6.07) is 10.3. The number of carbonyl (C=O) groups excluding carboxylic acids is 1. The van der Waals surface area contributed by atoms with E-state index in [1.165, 1.54) is 11.1 Å². The molecule has 0 heterocycles. The van der Waals surface area contributed by atoms with E-state index < -0.39 is 0 Å². The van der Waals surface area contributed by atoms with Crippen LogP contribution >= 0.6 is 0 Å². The third-order valence-corrected chi connectivity index (χ3v) is 5.24. The zero-order valence-corrected chi connectivity index (χ0v) is 10.7. The Labute approximate surface area is 107 Å². The van der Waals surface area contributed by atoms with Crippen LogP contribution in [0.25, 0.3) is 6.08 Å². The number of ketones is 1. The second-order valence-electron chi connectivity index (χ2n) is 6.19. The minimum atomic E-state index is -0.343. The molecule has 1 nitrogen and oxygen atoms in total. The minimum absolute atomic E-state index is 0.0931. The summed E-state index contributed by atoms with van der Waals surface area (Å²) in [5.41, 5.74) is 2.10. The minimum Gasteiger partial charge on any atom is -0.298 e. The average molecular weight is 236 g/mol. The van der Waals surface area contributed by atoms with Crippen molar-refractivity contribution in [1.82, 2.24) is 0 Å². The van der Waals surface area contributed by atoms with Gasteiger partial charge >= 0.3 is 0 Å². The molecule has 0 amide bonds. The maximum Gasteiger partial charge on any atom is 0.153 e. The molecule has 0 saturated heterocycles. The lowest BCUT2D eigenvalue weighted by molar-refractivity contribution is -0.128. The van der Waals surface area contributed by atoms with Gasteiger partial charge in [0.25, 0.3) is 0 Å². The maximum absolute atomic E-state index is 12.6. The molecule has 18 heavy (non-hydrogen) atoms. The number of benzene rings is 1. The fourth-order valence-electron chi connectivity index (χ4n) is 4.12. The molecule has 0 N–H and O–H groups in total. The SMILES string of the molecule is CC12C=CC3C(/C1=C\c1ccccc1)C3(C)C2=O. The lowest BCUT2D eigenvalue weighted by atomic mass is 9.71. The molecule has 4 unspecified atom stereocenters. The van der Waals surface area contributed by atoms with E-state index in [0.717, 1.165) is 0 Å². The van der Waals surface area contributed by atoms with E-state index in [1.807, 2.05) is 18.2 Å². The van der Waals surface area contributed by atoms with Gasteiger partial charge in [-0.25, -0.2) is 0 Å². The smallest absolute Gasteiger partial charge is 0.153 e. The predicted octanol–water partition coefficient (Wildman–Crippen LogP) is 3.48. The van der Waals surface area contributed by atoms with Gasteiger partial charge in [0.2, 0.25) is 0 Å². The van der Waals surface area contributed by atoms with Gasteiger partial charge in [-0.2, -0.15) is 0 Å². The summed E-state index contributed by atoms with van der Waals surface area (Å²) in [7, 11) is 0. The lowest BCUT2D eigenvalue weighted by Crippen LogP contribution is -2.32. The molecular formula is C17H16O. The van der Waals surface area contributed by atoms with Crippen molar-refractivity contribution in [2.45, 2.75) is 13.8 Å². The first kappa shape index (κ1) is 10.3. The van der Waals surface area contributed by atoms with Crippen LogP contribution in [0.15, 0.2) is 48.1 Å². The van der Waals surface area contributed by atoms with Gasteiger partial charge in [0, 0.05) is 11.3 Å². The van der Waals surface area contributed by atoms with Crippen molar-refractivity contribution < 1.29 is 4.79 Å². The zero-order valence-electron chi connectivity index (χ0n) is 10.7. The van der Waals surface area contributed by atoms with E-state index in [1.54, 1.807) is 0 Å². The van der Waals surface area contributed by atoms with E-state index >= 15 is 0 Å². The van der Waals surface area contributed by atoms with Gasteiger partial charge < -0.3 is 0 Å². The maximum atomic E-state index is 12.6. The van der Waals surface area contributed by atoms with Crippen LogP contribution in [0, 0.1) is 22.7 Å². The van der Waals surface area contributed by atoms with E-state index in [0.29, 0.717) is 17.6 Å². The number of rotatable bonds is 1. The highest BCUT2D eigenvalue weighted by atomic mass is 16.1. The van der Waals surface area contributed by atoms with Crippen LogP contribution in [0.1, 0.15) is 19.4 Å². The largest absolute Gasteiger partial charge is 0.298 e. The fraction of sp³-hybridized carbons (Fsp3) is 0.353. The molecule has 1 heteroatoms. The molecule has 0 radical (unpaired) electrons. The van der Waals surface area contributed by atoms with Gasteiger partial charge in [-0.05, 0) is 24.0 Å². The molecule has 4 aliphatic carbocycles. The Morgan fingerprint density at radius 2 is 1.89 bits per heavy atom. The Morgan fingerprint density at radius 1 is 1.17 bits per heavy atom. The van der Waals surface area contributed by atoms with Crippen molar-refractivity contribution in [3.8, 4) is 0 Å². The number of allylic oxidation sites excluding steroid dienone is 3. The quantitative estimate of drug-likeness (QED) is 0.682. The van der Waals surface area contributed by atoms with Gasteiger partial charge in [0.15, 0.2) is 5.78 Å². The summed E-state index contributed by atoms with van der Waals surface area (Å²) >= 11 is 0. The summed E-state index contributed by atoms with van der Waals surface area (Å²) in [5, 5.41) is 0. The molecule has 4 bridgehead atoms. The summed E-state index contributed by atoms with van der Waals surface area (Å²) < 4.78 is 0. The monoisotopic (exact) mass is 236 g/mol. The van der Waals surface area contributed by atoms with Crippen molar-refractivity contribution in [3.63, 3.8) is 0 Å². The molecule has 0 spiro atoms. The fourth-order valence-corrected chi connectivity index (χ4v) is 4.12. The second kappa shape index (κ2) is 2.85. The molecule has 0 aliphatic heterocycles. The molecule has 5 rings (SSSR count). The summed E-state index contributed by atoms with van der Waals surface area (Å²) in [4.78, 5) is 12.6. The summed E-state index contributed by atoms with van der Waals surface area (Å²) in [6.07, 6.45) is 6.62. The number of hydrogen-bond acceptors (Lipinski definition) is 1. The molecule has 2 fully saturated rings. The molecule has 1 aromatic rings. The molecule has 4 aliphatic rings. The van der Waals surface area contributed by atoms with Crippen LogP contribution in [0.2, 0.25) is 0 Å². The lowest BCUT2D eigenvalue weighted by Gasteiger charge is -2.30. The second-order valence-corrected chi connectivity index (χ2v) is 6.19. The van der Waals surface area contributed by atoms with Crippen LogP contribution in [-0.2, 0) is 4.79 Å². The number of carbonyl (C=O) groups is 1. The zero-order chi connectivity index (χ0) is 12.5. The average Bonchev–Trinajstić information content (AvgIpc) is 2.96. The highest BCUT2D eigenvalue weighted by molar-refractivity contribution is 6.05. The number of Topliss-reactive ketones (excluding diaryl/α,β-unsaturated/α-hetero) is 1. The molecular weight excluding hydrogens is 220 g/mol. The standard InChI is InChI=1S/C17H16O/c1-16-9-8-12-14(17(12,2)15(16)18)13(16)10-11-6-4-3-5-7-11/h3-10,12,14H,1-2H3/b13-10+. The van der Waals surface area contributed by atoms with Crippen LogP contribution in [0.5, 0.6) is 0 Å². The predicted molar refractivity (Wildman–Crippen MR) is 71.8 cm³/mol. The van der Waals surface area contributed by atoms with Crippen LogP contribution in [-0.4, -0.2) is 5.78 Å². The van der Waals surface area contributed by atoms with Gasteiger partial charge in [-0.15, -0.1) is 0 Å². The van der Waals surface area contributed by atoms with Crippen molar-refractivity contribution in [2.24, 2.45) is 22.7 Å². The highest BCUT2D eigenvalue weighted by Crippen LogP contribution is 2.76. The van der Waals surface area contributed by atoms with Crippen LogP contribution in [0.4, 0.5) is 0 Å². The first-order valence-electron chi connectivity index (χ1n) is 6.60. The van der Waals surface area contributed by atoms with Crippen molar-refractivity contribution in [1.29, 1.82) is 0 Å². The number of hydrogen-bond donors (Lipinski definition) is 0. The van der Waals surface area contributed by atoms with Gasteiger partial charge in [0.1, 0.15) is 0 Å². The topological polar surface area (TPSA) is 17.1 Å². The first-order valence-corrected chi connectivity index (χ1v) is 6.60. The van der Waals surface area contributed by atoms with E-state index in [-0.39, 0.29) is 10.8 Å². The van der Waals surface area contributed by atoms with Gasteiger partial charge in [-0.3, -0.25) is 4.79 Å². The van der Waals surface area contributed by atoms with E-state index in [9.17, 15) is 4.79 Å². The van der Waals surface area contributed by atoms with E-state index in [4.69, 9.17) is 0 Å². The molecule has 0 aromatic heterocycles. The highest BCUT2D eigenvalue weighted by Gasteiger charge is 2.77. The van der Waals surface area contributed by atoms with E-state index in [2.05, 4.69) is 44.2 Å². The van der Waals surface area contributed by atoms with Crippen LogP contribution < -0.4 is 0 Å². The Hall–Kier alpha value is -1.63. The Kier molecular flexibility index (Phi) is 1.63. The molecule has 1 aromatic carbocycles. The van der Waals surface area contributed by atoms with Crippen LogP contribution in [0.3, 0.4) is 0 Å². The molecule has 90 valence electrons. The van der Waals surface area contributed by atoms with Crippen molar-refractivity contribution >= 4 is 11.9 Å². The molecule has 2 saturated carbocycles. The molecule has 4 atom stereocenters. The Morgan fingerprint density at radius 3 is 2.50 bits per heavy atom. The third-order valence-electron chi connectivity index (χ3n) is 5.24. The van der Waals surface area contributed by atoms with Gasteiger partial charge in [-0.1, -0.05) is 55.5 Å². The Bertz CT molecular complexity index is 610. The normalized spacial score (nSPS) is 45.7. The summed E-state index contributed by atoms with van der Waals surface area (Å²) in [6.45, 7) is 4.21. The van der Waals surface area contributed by atoms with Crippen molar-refractivity contribution in [2.75, 3.05) is 0 Å². The summed E-state index contributed by atoms with van der Waals surface area (Å²) in [5.74, 6) is 1.34. The van der Waals surface area contributed by atoms with Crippen molar-refractivity contribution in [3.05, 3.63) is 53.6 Å². The first-order chi connectivity index (χ1) is 8.58. The van der Waals surface area contributed by atoms with Gasteiger partial charge in [0.05, 0.1) is 5.41 Å². The Balaban J connectivity index is 1.88.